The summed E-state index contributed by atoms with van der Waals surface area (Å²) in [6.45, 7) is 3.26. The van der Waals surface area contributed by atoms with Crippen molar-refractivity contribution in [1.82, 2.24) is 16.0 Å². The smallest absolute Gasteiger partial charge is 0.328 e. The van der Waals surface area contributed by atoms with Gasteiger partial charge in [0.05, 0.1) is 19.3 Å². The predicted molar refractivity (Wildman–Crippen MR) is 96.7 cm³/mol. The molecule has 28 heavy (non-hydrogen) atoms. The maximum atomic E-state index is 12.5. The fraction of sp³-hybridized carbons (Fsp3) is 0.750. The van der Waals surface area contributed by atoms with Gasteiger partial charge in [0.15, 0.2) is 0 Å². The quantitative estimate of drug-likeness (QED) is 0.160. The van der Waals surface area contributed by atoms with Crippen LogP contribution in [0.3, 0.4) is 0 Å². The molecule has 0 saturated heterocycles. The number of nitrogens with one attached hydrogen (secondary N) is 3. The third kappa shape index (κ3) is 8.61. The van der Waals surface area contributed by atoms with E-state index in [1.54, 1.807) is 13.8 Å². The molecular weight excluding hydrogens is 376 g/mol. The van der Waals surface area contributed by atoms with Gasteiger partial charge in [0.2, 0.25) is 17.7 Å². The predicted octanol–water partition coefficient (Wildman–Crippen LogP) is -3.74. The summed E-state index contributed by atoms with van der Waals surface area (Å²) in [4.78, 5) is 47.6. The van der Waals surface area contributed by atoms with Crippen LogP contribution in [0.4, 0.5) is 0 Å². The Morgan fingerprint density at radius 3 is 1.79 bits per heavy atom. The van der Waals surface area contributed by atoms with E-state index in [1.165, 1.54) is 6.92 Å². The molecule has 3 amide bonds. The monoisotopic (exact) mass is 406 g/mol. The van der Waals surface area contributed by atoms with Gasteiger partial charge in [-0.2, -0.15) is 0 Å². The number of nitrogens with two attached hydrogens (primary N) is 1. The second-order valence-electron chi connectivity index (χ2n) is 6.79. The van der Waals surface area contributed by atoms with Gasteiger partial charge in [-0.05, 0) is 19.3 Å². The van der Waals surface area contributed by atoms with E-state index in [0.29, 0.717) is 0 Å². The highest BCUT2D eigenvalue weighted by Gasteiger charge is 2.32. The highest BCUT2D eigenvalue weighted by atomic mass is 16.4. The fourth-order valence-corrected chi connectivity index (χ4v) is 2.17. The van der Waals surface area contributed by atoms with Crippen molar-refractivity contribution in [3.8, 4) is 0 Å². The summed E-state index contributed by atoms with van der Waals surface area (Å²) >= 11 is 0. The van der Waals surface area contributed by atoms with Crippen molar-refractivity contribution in [1.29, 1.82) is 0 Å². The van der Waals surface area contributed by atoms with Crippen LogP contribution in [0.2, 0.25) is 0 Å². The lowest BCUT2D eigenvalue weighted by molar-refractivity contribution is -0.143. The largest absolute Gasteiger partial charge is 0.480 e. The molecule has 0 radical (unpaired) electrons. The summed E-state index contributed by atoms with van der Waals surface area (Å²) in [5.74, 6) is -4.13. The van der Waals surface area contributed by atoms with E-state index in [1.807, 2.05) is 0 Å². The SMILES string of the molecule is CC(C)CC(NC(=O)C(NC(=O)C(N)CO)C(C)O)C(=O)NC(CO)C(=O)O. The van der Waals surface area contributed by atoms with Crippen molar-refractivity contribution in [3.63, 3.8) is 0 Å². The molecule has 0 aliphatic carbocycles. The van der Waals surface area contributed by atoms with Crippen LogP contribution in [-0.4, -0.2) is 87.6 Å². The molecule has 0 spiro atoms. The number of rotatable bonds is 12. The first kappa shape index (κ1) is 25.7. The van der Waals surface area contributed by atoms with Gasteiger partial charge in [-0.3, -0.25) is 14.4 Å². The van der Waals surface area contributed by atoms with Crippen molar-refractivity contribution < 1.29 is 39.6 Å². The van der Waals surface area contributed by atoms with E-state index in [-0.39, 0.29) is 12.3 Å². The molecule has 12 heteroatoms. The molecule has 0 heterocycles. The Morgan fingerprint density at radius 2 is 1.39 bits per heavy atom. The van der Waals surface area contributed by atoms with Crippen molar-refractivity contribution in [3.05, 3.63) is 0 Å². The molecule has 9 N–H and O–H groups in total. The van der Waals surface area contributed by atoms with Gasteiger partial charge in [-0.15, -0.1) is 0 Å². The minimum atomic E-state index is -1.55. The third-order valence-electron chi connectivity index (χ3n) is 3.73. The highest BCUT2D eigenvalue weighted by Crippen LogP contribution is 2.07. The maximum Gasteiger partial charge on any atom is 0.328 e. The number of carbonyl (C=O) groups is 4. The molecule has 12 nitrogen and oxygen atoms in total. The lowest BCUT2D eigenvalue weighted by atomic mass is 10.0. The van der Waals surface area contributed by atoms with Gasteiger partial charge < -0.3 is 42.1 Å². The number of carboxylic acids is 1. The Bertz CT molecular complexity index is 555. The van der Waals surface area contributed by atoms with Crippen LogP contribution in [0, 0.1) is 5.92 Å². The minimum Gasteiger partial charge on any atom is -0.480 e. The normalized spacial score (nSPS) is 16.4. The lowest BCUT2D eigenvalue weighted by Gasteiger charge is -2.26. The van der Waals surface area contributed by atoms with Crippen LogP contribution in [0.15, 0.2) is 0 Å². The van der Waals surface area contributed by atoms with Gasteiger partial charge in [0, 0.05) is 0 Å². The van der Waals surface area contributed by atoms with E-state index in [4.69, 9.17) is 21.1 Å². The number of hydrogen-bond donors (Lipinski definition) is 8. The summed E-state index contributed by atoms with van der Waals surface area (Å²) < 4.78 is 0. The number of carbonyl (C=O) groups excluding carboxylic acids is 3. The highest BCUT2D eigenvalue weighted by molar-refractivity contribution is 5.94. The molecule has 0 rings (SSSR count). The van der Waals surface area contributed by atoms with Crippen LogP contribution in [0.5, 0.6) is 0 Å². The molecule has 0 aromatic carbocycles. The molecule has 0 aromatic rings. The molecule has 0 aliphatic heterocycles. The zero-order valence-corrected chi connectivity index (χ0v) is 16.1. The Balaban J connectivity index is 5.31. The summed E-state index contributed by atoms with van der Waals surface area (Å²) in [6.07, 6.45) is -1.21. The average molecular weight is 406 g/mol. The second kappa shape index (κ2) is 12.2. The van der Waals surface area contributed by atoms with Crippen molar-refractivity contribution in [2.75, 3.05) is 13.2 Å². The Morgan fingerprint density at radius 1 is 0.857 bits per heavy atom. The zero-order valence-electron chi connectivity index (χ0n) is 16.1. The number of aliphatic hydroxyl groups excluding tert-OH is 3. The Labute approximate surface area is 162 Å². The van der Waals surface area contributed by atoms with Crippen LogP contribution < -0.4 is 21.7 Å². The summed E-state index contributed by atoms with van der Waals surface area (Å²) in [6, 6.07) is -5.48. The minimum absolute atomic E-state index is 0.0733. The molecule has 0 fully saturated rings. The van der Waals surface area contributed by atoms with Crippen LogP contribution in [0.1, 0.15) is 27.2 Å². The van der Waals surface area contributed by atoms with Gasteiger partial charge in [-0.25, -0.2) is 4.79 Å². The maximum absolute atomic E-state index is 12.5. The van der Waals surface area contributed by atoms with Crippen molar-refractivity contribution in [2.24, 2.45) is 11.7 Å². The van der Waals surface area contributed by atoms with Crippen molar-refractivity contribution >= 4 is 23.7 Å². The van der Waals surface area contributed by atoms with Crippen LogP contribution >= 0.6 is 0 Å². The van der Waals surface area contributed by atoms with Gasteiger partial charge in [0.25, 0.3) is 0 Å². The summed E-state index contributed by atoms with van der Waals surface area (Å²) in [5, 5.41) is 43.3. The standard InChI is InChI=1S/C16H30N4O8/c1-7(2)4-10(14(25)19-11(6-22)16(27)28)18-15(26)12(8(3)23)20-13(24)9(17)5-21/h7-12,21-23H,4-6,17H2,1-3H3,(H,18,26)(H,19,25)(H,20,24)(H,27,28). The number of hydrogen-bond acceptors (Lipinski definition) is 8. The first-order chi connectivity index (χ1) is 12.9. The van der Waals surface area contributed by atoms with E-state index >= 15 is 0 Å². The van der Waals surface area contributed by atoms with E-state index in [0.717, 1.165) is 0 Å². The molecule has 5 unspecified atom stereocenters. The Kier molecular flexibility index (Phi) is 11.2. The van der Waals surface area contributed by atoms with Gasteiger partial charge in [0.1, 0.15) is 24.2 Å². The average Bonchev–Trinajstić information content (AvgIpc) is 2.61. The van der Waals surface area contributed by atoms with Gasteiger partial charge in [-0.1, -0.05) is 13.8 Å². The number of aliphatic carboxylic acids is 1. The van der Waals surface area contributed by atoms with E-state index < -0.39 is 67.2 Å². The second-order valence-corrected chi connectivity index (χ2v) is 6.79. The topological polar surface area (TPSA) is 211 Å². The summed E-state index contributed by atoms with van der Waals surface area (Å²) in [5.41, 5.74) is 5.36. The van der Waals surface area contributed by atoms with E-state index in [9.17, 15) is 24.3 Å². The lowest BCUT2D eigenvalue weighted by Crippen LogP contribution is -2.60. The fourth-order valence-electron chi connectivity index (χ4n) is 2.17. The zero-order chi connectivity index (χ0) is 22.0. The van der Waals surface area contributed by atoms with Crippen molar-refractivity contribution in [2.45, 2.75) is 57.5 Å². The number of aliphatic hydroxyl groups is 3. The number of carboxylic acid groups (broad SMARTS) is 1. The van der Waals surface area contributed by atoms with Crippen LogP contribution in [-0.2, 0) is 19.2 Å². The number of amides is 3. The third-order valence-corrected chi connectivity index (χ3v) is 3.73. The van der Waals surface area contributed by atoms with Crippen LogP contribution in [0.25, 0.3) is 0 Å². The first-order valence-electron chi connectivity index (χ1n) is 8.73. The molecule has 0 bridgehead atoms. The molecule has 0 aromatic heterocycles. The van der Waals surface area contributed by atoms with E-state index in [2.05, 4.69) is 16.0 Å². The molecule has 162 valence electrons. The first-order valence-corrected chi connectivity index (χ1v) is 8.73. The summed E-state index contributed by atoms with van der Waals surface area (Å²) in [7, 11) is 0. The molecule has 0 aliphatic rings. The Hall–Kier alpha value is -2.28. The molecule has 0 saturated carbocycles. The molecule has 5 atom stereocenters. The van der Waals surface area contributed by atoms with Gasteiger partial charge >= 0.3 is 5.97 Å². The molecular formula is C16H30N4O8.